The molecule has 3 nitrogen and oxygen atoms in total. The van der Waals surface area contributed by atoms with Crippen molar-refractivity contribution in [1.82, 2.24) is 10.2 Å². The van der Waals surface area contributed by atoms with Crippen LogP contribution in [0.15, 0.2) is 0 Å². The van der Waals surface area contributed by atoms with E-state index in [2.05, 4.69) is 43.2 Å². The van der Waals surface area contributed by atoms with E-state index in [1.54, 1.807) is 0 Å². The molecule has 16 heavy (non-hydrogen) atoms. The van der Waals surface area contributed by atoms with Crippen LogP contribution in [-0.2, 0) is 6.42 Å². The quantitative estimate of drug-likeness (QED) is 0.803. The highest BCUT2D eigenvalue weighted by Crippen LogP contribution is 2.36. The van der Waals surface area contributed by atoms with Gasteiger partial charge in [0.2, 0.25) is 0 Å². The first-order valence-electron chi connectivity index (χ1n) is 6.36. The molecule has 1 atom stereocenters. The first-order valence-corrected chi connectivity index (χ1v) is 6.36. The second-order valence-corrected chi connectivity index (χ2v) is 5.84. The molecule has 1 aromatic heterocycles. The van der Waals surface area contributed by atoms with Crippen molar-refractivity contribution in [1.29, 1.82) is 0 Å². The maximum absolute atomic E-state index is 4.45. The SMILES string of the molecule is CCC1CCCc2c(NC(C)(C)C)n[nH]c21. The molecule has 1 heterocycles. The number of nitrogens with one attached hydrogen (secondary N) is 2. The van der Waals surface area contributed by atoms with Gasteiger partial charge < -0.3 is 5.32 Å². The van der Waals surface area contributed by atoms with Crippen LogP contribution >= 0.6 is 0 Å². The summed E-state index contributed by atoms with van der Waals surface area (Å²) in [6.45, 7) is 8.79. The largest absolute Gasteiger partial charge is 0.364 e. The highest BCUT2D eigenvalue weighted by Gasteiger charge is 2.25. The van der Waals surface area contributed by atoms with Crippen molar-refractivity contribution in [2.45, 2.75) is 64.8 Å². The number of fused-ring (bicyclic) bond motifs is 1. The molecule has 1 aliphatic rings. The van der Waals surface area contributed by atoms with Crippen molar-refractivity contribution >= 4 is 5.82 Å². The van der Waals surface area contributed by atoms with Crippen molar-refractivity contribution in [2.24, 2.45) is 0 Å². The van der Waals surface area contributed by atoms with Gasteiger partial charge in [-0.25, -0.2) is 0 Å². The van der Waals surface area contributed by atoms with Gasteiger partial charge >= 0.3 is 0 Å². The van der Waals surface area contributed by atoms with E-state index in [4.69, 9.17) is 0 Å². The lowest BCUT2D eigenvalue weighted by molar-refractivity contribution is 0.528. The third kappa shape index (κ3) is 2.23. The van der Waals surface area contributed by atoms with E-state index in [-0.39, 0.29) is 5.54 Å². The molecular weight excluding hydrogens is 198 g/mol. The van der Waals surface area contributed by atoms with Gasteiger partial charge in [0.25, 0.3) is 0 Å². The van der Waals surface area contributed by atoms with Crippen LogP contribution in [0.25, 0.3) is 0 Å². The van der Waals surface area contributed by atoms with Crippen molar-refractivity contribution in [3.63, 3.8) is 0 Å². The van der Waals surface area contributed by atoms with Gasteiger partial charge in [-0.05, 0) is 46.5 Å². The lowest BCUT2D eigenvalue weighted by Gasteiger charge is -2.24. The van der Waals surface area contributed by atoms with Gasteiger partial charge in [0, 0.05) is 22.7 Å². The van der Waals surface area contributed by atoms with Gasteiger partial charge in [0.1, 0.15) is 0 Å². The fourth-order valence-corrected chi connectivity index (χ4v) is 2.51. The average molecular weight is 221 g/mol. The molecule has 2 N–H and O–H groups in total. The summed E-state index contributed by atoms with van der Waals surface area (Å²) in [5.74, 6) is 1.76. The van der Waals surface area contributed by atoms with Gasteiger partial charge in [-0.1, -0.05) is 6.92 Å². The lowest BCUT2D eigenvalue weighted by Crippen LogP contribution is -2.27. The summed E-state index contributed by atoms with van der Waals surface area (Å²) in [6.07, 6.45) is 4.98. The molecule has 0 aliphatic heterocycles. The number of anilines is 1. The molecule has 2 rings (SSSR count). The van der Waals surface area contributed by atoms with Crippen LogP contribution in [0.3, 0.4) is 0 Å². The number of hydrogen-bond acceptors (Lipinski definition) is 2. The number of H-pyrrole nitrogens is 1. The highest BCUT2D eigenvalue weighted by molar-refractivity contribution is 5.50. The second kappa shape index (κ2) is 4.11. The Labute approximate surface area is 98.0 Å². The molecular formula is C13H23N3. The van der Waals surface area contributed by atoms with E-state index < -0.39 is 0 Å². The van der Waals surface area contributed by atoms with Crippen LogP contribution < -0.4 is 5.32 Å². The molecule has 0 saturated heterocycles. The van der Waals surface area contributed by atoms with E-state index in [1.165, 1.54) is 36.9 Å². The van der Waals surface area contributed by atoms with Crippen LogP contribution in [-0.4, -0.2) is 15.7 Å². The van der Waals surface area contributed by atoms with E-state index >= 15 is 0 Å². The molecule has 0 spiro atoms. The van der Waals surface area contributed by atoms with Gasteiger partial charge in [-0.2, -0.15) is 5.10 Å². The minimum absolute atomic E-state index is 0.0854. The van der Waals surface area contributed by atoms with Crippen molar-refractivity contribution in [2.75, 3.05) is 5.32 Å². The van der Waals surface area contributed by atoms with E-state index in [9.17, 15) is 0 Å². The van der Waals surface area contributed by atoms with Crippen LogP contribution in [0.5, 0.6) is 0 Å². The Morgan fingerprint density at radius 3 is 2.81 bits per heavy atom. The molecule has 0 radical (unpaired) electrons. The zero-order chi connectivity index (χ0) is 11.8. The van der Waals surface area contributed by atoms with Crippen LogP contribution in [0.1, 0.15) is 64.1 Å². The summed E-state index contributed by atoms with van der Waals surface area (Å²) >= 11 is 0. The lowest BCUT2D eigenvalue weighted by atomic mass is 9.86. The summed E-state index contributed by atoms with van der Waals surface area (Å²) in [5.41, 5.74) is 2.88. The summed E-state index contributed by atoms with van der Waals surface area (Å²) in [6, 6.07) is 0. The average Bonchev–Trinajstić information content (AvgIpc) is 2.59. The molecule has 0 aromatic carbocycles. The maximum Gasteiger partial charge on any atom is 0.151 e. The summed E-state index contributed by atoms with van der Waals surface area (Å²) in [7, 11) is 0. The minimum atomic E-state index is 0.0854. The summed E-state index contributed by atoms with van der Waals surface area (Å²) < 4.78 is 0. The predicted octanol–water partition coefficient (Wildman–Crippen LogP) is 3.45. The molecule has 1 aliphatic carbocycles. The zero-order valence-corrected chi connectivity index (χ0v) is 10.9. The number of aromatic nitrogens is 2. The molecule has 0 bridgehead atoms. The first kappa shape index (κ1) is 11.5. The highest BCUT2D eigenvalue weighted by atomic mass is 15.2. The van der Waals surface area contributed by atoms with Crippen LogP contribution in [0.2, 0.25) is 0 Å². The number of aromatic amines is 1. The number of nitrogens with zero attached hydrogens (tertiary/aromatic N) is 1. The van der Waals surface area contributed by atoms with E-state index in [0.29, 0.717) is 5.92 Å². The molecule has 1 unspecified atom stereocenters. The Morgan fingerprint density at radius 1 is 1.44 bits per heavy atom. The summed E-state index contributed by atoms with van der Waals surface area (Å²) in [5, 5.41) is 11.2. The van der Waals surface area contributed by atoms with Crippen LogP contribution in [0, 0.1) is 0 Å². The van der Waals surface area contributed by atoms with E-state index in [0.717, 1.165) is 5.82 Å². The summed E-state index contributed by atoms with van der Waals surface area (Å²) in [4.78, 5) is 0. The Hall–Kier alpha value is -0.990. The fourth-order valence-electron chi connectivity index (χ4n) is 2.51. The van der Waals surface area contributed by atoms with Crippen molar-refractivity contribution in [3.05, 3.63) is 11.3 Å². The first-order chi connectivity index (χ1) is 7.51. The number of rotatable bonds is 2. The van der Waals surface area contributed by atoms with Gasteiger partial charge in [0.15, 0.2) is 5.82 Å². The monoisotopic (exact) mass is 221 g/mol. The molecule has 90 valence electrons. The van der Waals surface area contributed by atoms with Gasteiger partial charge in [-0.15, -0.1) is 0 Å². The van der Waals surface area contributed by atoms with Crippen molar-refractivity contribution < 1.29 is 0 Å². The fraction of sp³-hybridized carbons (Fsp3) is 0.769. The second-order valence-electron chi connectivity index (χ2n) is 5.84. The minimum Gasteiger partial charge on any atom is -0.364 e. The third-order valence-electron chi connectivity index (χ3n) is 3.27. The third-order valence-corrected chi connectivity index (χ3v) is 3.27. The molecule has 1 aromatic rings. The van der Waals surface area contributed by atoms with Gasteiger partial charge in [-0.3, -0.25) is 5.10 Å². The standard InChI is InChI=1S/C13H23N3/c1-5-9-7-6-8-10-11(9)15-16-12(10)14-13(2,3)4/h9H,5-8H2,1-4H3,(H2,14,15,16). The number of hydrogen-bond donors (Lipinski definition) is 2. The molecule has 0 fully saturated rings. The predicted molar refractivity (Wildman–Crippen MR) is 67.9 cm³/mol. The molecule has 0 saturated carbocycles. The maximum atomic E-state index is 4.45. The zero-order valence-electron chi connectivity index (χ0n) is 10.9. The van der Waals surface area contributed by atoms with E-state index in [1.807, 2.05) is 0 Å². The van der Waals surface area contributed by atoms with Crippen molar-refractivity contribution in [3.8, 4) is 0 Å². The van der Waals surface area contributed by atoms with Crippen LogP contribution in [0.4, 0.5) is 5.82 Å². The normalized spacial score (nSPS) is 20.6. The Kier molecular flexibility index (Phi) is 2.96. The molecule has 0 amide bonds. The Morgan fingerprint density at radius 2 is 2.19 bits per heavy atom. The smallest absolute Gasteiger partial charge is 0.151 e. The Bertz CT molecular complexity index is 360. The molecule has 3 heteroatoms. The van der Waals surface area contributed by atoms with Gasteiger partial charge in [0.05, 0.1) is 0 Å². The Balaban J connectivity index is 2.26. The topological polar surface area (TPSA) is 40.7 Å².